The molecule has 2 aromatic rings. The van der Waals surface area contributed by atoms with E-state index in [1.165, 1.54) is 0 Å². The molecule has 1 aromatic heterocycles. The first-order valence-corrected chi connectivity index (χ1v) is 8.29. The molecule has 112 valence electrons. The Balaban J connectivity index is 2.06. The van der Waals surface area contributed by atoms with Gasteiger partial charge in [0.2, 0.25) is 10.0 Å². The Labute approximate surface area is 125 Å². The molecule has 6 heteroatoms. The number of pyridine rings is 1. The molecule has 0 aliphatic carbocycles. The molecule has 0 aliphatic heterocycles. The summed E-state index contributed by atoms with van der Waals surface area (Å²) in [7, 11) is -1.55. The maximum Gasteiger partial charge on any atom is 0.236 e. The third kappa shape index (κ3) is 4.84. The lowest BCUT2D eigenvalue weighted by molar-refractivity contribution is 0.600. The fourth-order valence-electron chi connectivity index (χ4n) is 2.00. The van der Waals surface area contributed by atoms with Gasteiger partial charge in [0, 0.05) is 18.4 Å². The molecule has 1 aromatic carbocycles. The quantitative estimate of drug-likeness (QED) is 0.857. The molecular formula is C15H19N3O2S. The SMILES string of the molecule is CNCc1ccc(CS(=O)(=O)Nc2ccnc(C)c2)cc1. The highest BCUT2D eigenvalue weighted by Gasteiger charge is 2.12. The van der Waals surface area contributed by atoms with Crippen LogP contribution in [-0.2, 0) is 22.3 Å². The molecule has 0 atom stereocenters. The molecule has 21 heavy (non-hydrogen) atoms. The second-order valence-electron chi connectivity index (χ2n) is 4.89. The van der Waals surface area contributed by atoms with E-state index in [2.05, 4.69) is 15.0 Å². The number of sulfonamides is 1. The Hall–Kier alpha value is -1.92. The highest BCUT2D eigenvalue weighted by Crippen LogP contribution is 2.13. The molecule has 2 N–H and O–H groups in total. The number of hydrogen-bond donors (Lipinski definition) is 2. The van der Waals surface area contributed by atoms with Crippen LogP contribution in [0.15, 0.2) is 42.6 Å². The molecule has 5 nitrogen and oxygen atoms in total. The van der Waals surface area contributed by atoms with Crippen LogP contribution in [0.3, 0.4) is 0 Å². The van der Waals surface area contributed by atoms with E-state index >= 15 is 0 Å². The largest absolute Gasteiger partial charge is 0.316 e. The lowest BCUT2D eigenvalue weighted by Crippen LogP contribution is -2.15. The van der Waals surface area contributed by atoms with Gasteiger partial charge < -0.3 is 5.32 Å². The van der Waals surface area contributed by atoms with Crippen LogP contribution >= 0.6 is 0 Å². The number of aryl methyl sites for hydroxylation is 1. The topological polar surface area (TPSA) is 71.1 Å². The van der Waals surface area contributed by atoms with Crippen molar-refractivity contribution in [3.8, 4) is 0 Å². The summed E-state index contributed by atoms with van der Waals surface area (Å²) in [6.45, 7) is 2.58. The van der Waals surface area contributed by atoms with E-state index in [1.54, 1.807) is 18.3 Å². The average Bonchev–Trinajstić information content (AvgIpc) is 2.40. The van der Waals surface area contributed by atoms with E-state index in [0.717, 1.165) is 23.4 Å². The summed E-state index contributed by atoms with van der Waals surface area (Å²) < 4.78 is 26.9. The van der Waals surface area contributed by atoms with Gasteiger partial charge in [-0.25, -0.2) is 8.42 Å². The van der Waals surface area contributed by atoms with Crippen molar-refractivity contribution in [3.05, 3.63) is 59.4 Å². The van der Waals surface area contributed by atoms with E-state index in [0.29, 0.717) is 5.69 Å². The predicted molar refractivity (Wildman–Crippen MR) is 84.4 cm³/mol. The van der Waals surface area contributed by atoms with Crippen molar-refractivity contribution in [2.75, 3.05) is 11.8 Å². The second kappa shape index (κ2) is 6.69. The Morgan fingerprint density at radius 3 is 2.38 bits per heavy atom. The van der Waals surface area contributed by atoms with Gasteiger partial charge in [-0.3, -0.25) is 9.71 Å². The van der Waals surface area contributed by atoms with Gasteiger partial charge in [-0.05, 0) is 37.2 Å². The normalized spacial score (nSPS) is 11.3. The maximum absolute atomic E-state index is 12.1. The van der Waals surface area contributed by atoms with Crippen molar-refractivity contribution in [2.45, 2.75) is 19.2 Å². The molecule has 0 unspecified atom stereocenters. The standard InChI is InChI=1S/C15H19N3O2S/c1-12-9-15(7-8-17-12)18-21(19,20)11-14-5-3-13(4-6-14)10-16-2/h3-9,16H,10-11H2,1-2H3,(H,17,18). The minimum atomic E-state index is -3.42. The van der Waals surface area contributed by atoms with Crippen molar-refractivity contribution < 1.29 is 8.42 Å². The van der Waals surface area contributed by atoms with Gasteiger partial charge in [-0.2, -0.15) is 0 Å². The number of nitrogens with one attached hydrogen (secondary N) is 2. The lowest BCUT2D eigenvalue weighted by Gasteiger charge is -2.09. The van der Waals surface area contributed by atoms with Crippen LogP contribution in [0.5, 0.6) is 0 Å². The molecule has 0 spiro atoms. The number of aromatic nitrogens is 1. The minimum Gasteiger partial charge on any atom is -0.316 e. The average molecular weight is 305 g/mol. The van der Waals surface area contributed by atoms with Gasteiger partial charge in [0.1, 0.15) is 0 Å². The van der Waals surface area contributed by atoms with E-state index in [9.17, 15) is 8.42 Å². The summed E-state index contributed by atoms with van der Waals surface area (Å²) in [4.78, 5) is 4.04. The van der Waals surface area contributed by atoms with Crippen LogP contribution in [0.2, 0.25) is 0 Å². The highest BCUT2D eigenvalue weighted by atomic mass is 32.2. The van der Waals surface area contributed by atoms with Gasteiger partial charge in [0.25, 0.3) is 0 Å². The Morgan fingerprint density at radius 1 is 1.10 bits per heavy atom. The Morgan fingerprint density at radius 2 is 1.76 bits per heavy atom. The number of rotatable bonds is 6. The number of benzene rings is 1. The second-order valence-corrected chi connectivity index (χ2v) is 6.62. The van der Waals surface area contributed by atoms with Crippen molar-refractivity contribution in [1.82, 2.24) is 10.3 Å². The zero-order chi connectivity index (χ0) is 15.3. The van der Waals surface area contributed by atoms with Crippen molar-refractivity contribution in [3.63, 3.8) is 0 Å². The first kappa shape index (κ1) is 15.5. The van der Waals surface area contributed by atoms with Crippen LogP contribution < -0.4 is 10.0 Å². The van der Waals surface area contributed by atoms with Crippen LogP contribution in [0, 0.1) is 6.92 Å². The van der Waals surface area contributed by atoms with Crippen molar-refractivity contribution >= 4 is 15.7 Å². The van der Waals surface area contributed by atoms with E-state index in [1.807, 2.05) is 38.2 Å². The highest BCUT2D eigenvalue weighted by molar-refractivity contribution is 7.91. The Bertz CT molecular complexity index is 697. The van der Waals surface area contributed by atoms with Gasteiger partial charge in [-0.15, -0.1) is 0 Å². The molecule has 1 heterocycles. The minimum absolute atomic E-state index is 0.0474. The first-order valence-electron chi connectivity index (χ1n) is 6.64. The fourth-order valence-corrected chi connectivity index (χ4v) is 3.19. The summed E-state index contributed by atoms with van der Waals surface area (Å²) in [5, 5.41) is 3.05. The third-order valence-corrected chi connectivity index (χ3v) is 4.19. The number of hydrogen-bond acceptors (Lipinski definition) is 4. The zero-order valence-corrected chi connectivity index (χ0v) is 12.9. The van der Waals surface area contributed by atoms with Gasteiger partial charge >= 0.3 is 0 Å². The summed E-state index contributed by atoms with van der Waals surface area (Å²) >= 11 is 0. The summed E-state index contributed by atoms with van der Waals surface area (Å²) in [6.07, 6.45) is 1.58. The monoisotopic (exact) mass is 305 g/mol. The molecule has 0 bridgehead atoms. The zero-order valence-electron chi connectivity index (χ0n) is 12.1. The summed E-state index contributed by atoms with van der Waals surface area (Å²) in [5.41, 5.74) is 3.19. The third-order valence-electron chi connectivity index (χ3n) is 2.93. The van der Waals surface area contributed by atoms with Crippen LogP contribution in [-0.4, -0.2) is 20.4 Å². The Kier molecular flexibility index (Phi) is 4.93. The van der Waals surface area contributed by atoms with Gasteiger partial charge in [-0.1, -0.05) is 24.3 Å². The number of nitrogens with zero attached hydrogens (tertiary/aromatic N) is 1. The summed E-state index contributed by atoms with van der Waals surface area (Å²) in [5.74, 6) is -0.0474. The maximum atomic E-state index is 12.1. The molecular weight excluding hydrogens is 286 g/mol. The van der Waals surface area contributed by atoms with E-state index < -0.39 is 10.0 Å². The molecule has 0 radical (unpaired) electrons. The van der Waals surface area contributed by atoms with Crippen LogP contribution in [0.1, 0.15) is 16.8 Å². The predicted octanol–water partition coefficient (Wildman–Crippen LogP) is 2.05. The smallest absolute Gasteiger partial charge is 0.236 e. The molecule has 0 saturated heterocycles. The molecule has 2 rings (SSSR count). The van der Waals surface area contributed by atoms with Gasteiger partial charge in [0.15, 0.2) is 0 Å². The molecule has 0 fully saturated rings. The molecule has 0 amide bonds. The van der Waals surface area contributed by atoms with Crippen molar-refractivity contribution in [2.24, 2.45) is 0 Å². The van der Waals surface area contributed by atoms with E-state index in [4.69, 9.17) is 0 Å². The van der Waals surface area contributed by atoms with Crippen molar-refractivity contribution in [1.29, 1.82) is 0 Å². The lowest BCUT2D eigenvalue weighted by atomic mass is 10.1. The van der Waals surface area contributed by atoms with Gasteiger partial charge in [0.05, 0.1) is 11.4 Å². The number of anilines is 1. The first-order chi connectivity index (χ1) is 9.98. The molecule has 0 saturated carbocycles. The fraction of sp³-hybridized carbons (Fsp3) is 0.267. The van der Waals surface area contributed by atoms with E-state index in [-0.39, 0.29) is 5.75 Å². The van der Waals surface area contributed by atoms with Crippen LogP contribution in [0.25, 0.3) is 0 Å². The van der Waals surface area contributed by atoms with Crippen LogP contribution in [0.4, 0.5) is 5.69 Å². The summed E-state index contributed by atoms with van der Waals surface area (Å²) in [6, 6.07) is 10.9. The molecule has 0 aliphatic rings.